The van der Waals surface area contributed by atoms with Crippen molar-refractivity contribution in [2.45, 2.75) is 19.4 Å². The second-order valence-corrected chi connectivity index (χ2v) is 4.61. The van der Waals surface area contributed by atoms with E-state index in [1.165, 1.54) is 0 Å². The van der Waals surface area contributed by atoms with Crippen molar-refractivity contribution >= 4 is 5.97 Å². The van der Waals surface area contributed by atoms with E-state index in [9.17, 15) is 9.90 Å². The van der Waals surface area contributed by atoms with Gasteiger partial charge in [0.1, 0.15) is 6.04 Å². The highest BCUT2D eigenvalue weighted by Gasteiger charge is 2.27. The van der Waals surface area contributed by atoms with Crippen molar-refractivity contribution in [3.63, 3.8) is 0 Å². The van der Waals surface area contributed by atoms with Crippen LogP contribution < -0.4 is 5.32 Å². The summed E-state index contributed by atoms with van der Waals surface area (Å²) in [7, 11) is 0. The molecule has 0 radical (unpaired) electrons. The van der Waals surface area contributed by atoms with Crippen LogP contribution in [0.5, 0.6) is 0 Å². The Bertz CT molecular complexity index is 397. The van der Waals surface area contributed by atoms with Crippen molar-refractivity contribution in [3.8, 4) is 0 Å². The van der Waals surface area contributed by atoms with Gasteiger partial charge in [-0.1, -0.05) is 6.07 Å². The van der Waals surface area contributed by atoms with E-state index in [-0.39, 0.29) is 0 Å². The SMILES string of the molecule is Cc1ccc(C(C(=O)O)N2CCCNCC2)cn1. The van der Waals surface area contributed by atoms with E-state index in [1.807, 2.05) is 24.0 Å². The summed E-state index contributed by atoms with van der Waals surface area (Å²) in [4.78, 5) is 17.7. The van der Waals surface area contributed by atoms with Crippen LogP contribution in [-0.4, -0.2) is 47.1 Å². The molecule has 1 atom stereocenters. The molecule has 98 valence electrons. The molecule has 0 amide bonds. The summed E-state index contributed by atoms with van der Waals surface area (Å²) >= 11 is 0. The van der Waals surface area contributed by atoms with Gasteiger partial charge in [0.25, 0.3) is 0 Å². The van der Waals surface area contributed by atoms with Gasteiger partial charge in [-0.25, -0.2) is 0 Å². The predicted octanol–water partition coefficient (Wildman–Crippen LogP) is 0.811. The zero-order chi connectivity index (χ0) is 13.0. The highest BCUT2D eigenvalue weighted by atomic mass is 16.4. The second kappa shape index (κ2) is 5.93. The molecule has 0 saturated carbocycles. The fourth-order valence-corrected chi connectivity index (χ4v) is 2.28. The monoisotopic (exact) mass is 249 g/mol. The molecule has 1 aliphatic heterocycles. The number of nitrogens with zero attached hydrogens (tertiary/aromatic N) is 2. The minimum atomic E-state index is -0.803. The molecule has 1 unspecified atom stereocenters. The van der Waals surface area contributed by atoms with Crippen LogP contribution >= 0.6 is 0 Å². The minimum absolute atomic E-state index is 0.585. The van der Waals surface area contributed by atoms with Crippen LogP contribution in [0.4, 0.5) is 0 Å². The molecule has 18 heavy (non-hydrogen) atoms. The molecule has 2 rings (SSSR count). The van der Waals surface area contributed by atoms with Crippen molar-refractivity contribution < 1.29 is 9.90 Å². The zero-order valence-electron chi connectivity index (χ0n) is 10.6. The summed E-state index contributed by atoms with van der Waals surface area (Å²) < 4.78 is 0. The first-order chi connectivity index (χ1) is 8.68. The number of hydrogen-bond acceptors (Lipinski definition) is 4. The molecule has 1 saturated heterocycles. The number of aliphatic carboxylic acids is 1. The van der Waals surface area contributed by atoms with Gasteiger partial charge in [0.05, 0.1) is 0 Å². The summed E-state index contributed by atoms with van der Waals surface area (Å²) in [5, 5.41) is 12.7. The summed E-state index contributed by atoms with van der Waals surface area (Å²) in [5.41, 5.74) is 1.66. The van der Waals surface area contributed by atoms with E-state index >= 15 is 0 Å². The normalized spacial score (nSPS) is 19.2. The van der Waals surface area contributed by atoms with Crippen LogP contribution in [-0.2, 0) is 4.79 Å². The lowest BCUT2D eigenvalue weighted by atomic mass is 10.1. The molecule has 1 aromatic rings. The lowest BCUT2D eigenvalue weighted by molar-refractivity contribution is -0.143. The summed E-state index contributed by atoms with van der Waals surface area (Å²) in [5.74, 6) is -0.803. The van der Waals surface area contributed by atoms with Crippen molar-refractivity contribution in [2.75, 3.05) is 26.2 Å². The number of carbonyl (C=O) groups is 1. The molecule has 1 aliphatic rings. The van der Waals surface area contributed by atoms with E-state index in [0.29, 0.717) is 0 Å². The molecule has 0 aliphatic carbocycles. The molecule has 5 nitrogen and oxygen atoms in total. The minimum Gasteiger partial charge on any atom is -0.480 e. The van der Waals surface area contributed by atoms with Crippen LogP contribution in [0.25, 0.3) is 0 Å². The topological polar surface area (TPSA) is 65.5 Å². The van der Waals surface area contributed by atoms with Gasteiger partial charge < -0.3 is 10.4 Å². The Morgan fingerprint density at radius 3 is 2.94 bits per heavy atom. The summed E-state index contributed by atoms with van der Waals surface area (Å²) in [6.07, 6.45) is 2.65. The van der Waals surface area contributed by atoms with E-state index in [4.69, 9.17) is 0 Å². The Kier molecular flexibility index (Phi) is 4.28. The Hall–Kier alpha value is -1.46. The van der Waals surface area contributed by atoms with Crippen LogP contribution in [0.15, 0.2) is 18.3 Å². The third-order valence-corrected chi connectivity index (χ3v) is 3.22. The third kappa shape index (κ3) is 3.05. The molecule has 1 aromatic heterocycles. The number of rotatable bonds is 3. The average molecular weight is 249 g/mol. The first kappa shape index (κ1) is 13.0. The number of nitrogens with one attached hydrogen (secondary N) is 1. The van der Waals surface area contributed by atoms with E-state index < -0.39 is 12.0 Å². The molecule has 1 fully saturated rings. The van der Waals surface area contributed by atoms with Gasteiger partial charge >= 0.3 is 5.97 Å². The smallest absolute Gasteiger partial charge is 0.325 e. The summed E-state index contributed by atoms with van der Waals surface area (Å²) in [6.45, 7) is 5.25. The molecule has 2 N–H and O–H groups in total. The average Bonchev–Trinajstić information content (AvgIpc) is 2.60. The van der Waals surface area contributed by atoms with Gasteiger partial charge in [0.2, 0.25) is 0 Å². The van der Waals surface area contributed by atoms with Gasteiger partial charge in [-0.3, -0.25) is 14.7 Å². The first-order valence-corrected chi connectivity index (χ1v) is 6.28. The largest absolute Gasteiger partial charge is 0.480 e. The fraction of sp³-hybridized carbons (Fsp3) is 0.538. The number of pyridine rings is 1. The number of aryl methyl sites for hydroxylation is 1. The molecule has 2 heterocycles. The lowest BCUT2D eigenvalue weighted by Gasteiger charge is -2.27. The Morgan fingerprint density at radius 1 is 1.44 bits per heavy atom. The van der Waals surface area contributed by atoms with Crippen LogP contribution in [0, 0.1) is 6.92 Å². The third-order valence-electron chi connectivity index (χ3n) is 3.22. The Balaban J connectivity index is 2.21. The Morgan fingerprint density at radius 2 is 2.28 bits per heavy atom. The maximum absolute atomic E-state index is 11.5. The van der Waals surface area contributed by atoms with Crippen molar-refractivity contribution in [2.24, 2.45) is 0 Å². The van der Waals surface area contributed by atoms with E-state index in [2.05, 4.69) is 10.3 Å². The highest BCUT2D eigenvalue weighted by Crippen LogP contribution is 2.21. The van der Waals surface area contributed by atoms with Gasteiger partial charge in [-0.2, -0.15) is 0 Å². The lowest BCUT2D eigenvalue weighted by Crippen LogP contribution is -2.36. The van der Waals surface area contributed by atoms with Crippen molar-refractivity contribution in [3.05, 3.63) is 29.6 Å². The number of aromatic nitrogens is 1. The highest BCUT2D eigenvalue weighted by molar-refractivity contribution is 5.75. The fourth-order valence-electron chi connectivity index (χ4n) is 2.28. The standard InChI is InChI=1S/C13H19N3O2/c1-10-3-4-11(9-15-10)12(13(17)18)16-7-2-5-14-6-8-16/h3-4,9,12,14H,2,5-8H2,1H3,(H,17,18). The van der Waals surface area contributed by atoms with Crippen LogP contribution in [0.1, 0.15) is 23.7 Å². The van der Waals surface area contributed by atoms with Crippen molar-refractivity contribution in [1.82, 2.24) is 15.2 Å². The molecule has 0 aromatic carbocycles. The van der Waals surface area contributed by atoms with Crippen molar-refractivity contribution in [1.29, 1.82) is 0 Å². The number of carboxylic acid groups (broad SMARTS) is 1. The summed E-state index contributed by atoms with van der Waals surface area (Å²) in [6, 6.07) is 3.14. The quantitative estimate of drug-likeness (QED) is 0.830. The Labute approximate surface area is 107 Å². The first-order valence-electron chi connectivity index (χ1n) is 6.28. The second-order valence-electron chi connectivity index (χ2n) is 4.61. The van der Waals surface area contributed by atoms with E-state index in [0.717, 1.165) is 43.9 Å². The molecule has 5 heteroatoms. The van der Waals surface area contributed by atoms with Crippen LogP contribution in [0.2, 0.25) is 0 Å². The van der Waals surface area contributed by atoms with E-state index in [1.54, 1.807) is 6.20 Å². The van der Waals surface area contributed by atoms with Gasteiger partial charge in [-0.05, 0) is 31.5 Å². The molecule has 0 spiro atoms. The maximum atomic E-state index is 11.5. The zero-order valence-corrected chi connectivity index (χ0v) is 10.6. The maximum Gasteiger partial charge on any atom is 0.325 e. The van der Waals surface area contributed by atoms with Gasteiger partial charge in [0.15, 0.2) is 0 Å². The molecular weight excluding hydrogens is 230 g/mol. The van der Waals surface area contributed by atoms with Gasteiger partial charge in [0, 0.05) is 31.5 Å². The molecule has 0 bridgehead atoms. The number of carboxylic acids is 1. The predicted molar refractivity (Wildman–Crippen MR) is 68.4 cm³/mol. The molecular formula is C13H19N3O2. The number of hydrogen-bond donors (Lipinski definition) is 2. The van der Waals surface area contributed by atoms with Gasteiger partial charge in [-0.15, -0.1) is 0 Å². The van der Waals surface area contributed by atoms with Crippen LogP contribution in [0.3, 0.4) is 0 Å².